The zero-order chi connectivity index (χ0) is 21.3. The van der Waals surface area contributed by atoms with Gasteiger partial charge in [-0.05, 0) is 50.1 Å². The number of halogens is 3. The van der Waals surface area contributed by atoms with Crippen LogP contribution in [0.5, 0.6) is 5.75 Å². The van der Waals surface area contributed by atoms with E-state index >= 15 is 0 Å². The fraction of sp³-hybridized carbons (Fsp3) is 0.429. The first-order valence-electron chi connectivity index (χ1n) is 9.74. The lowest BCUT2D eigenvalue weighted by atomic mass is 9.98. The third-order valence-electron chi connectivity index (χ3n) is 5.09. The van der Waals surface area contributed by atoms with E-state index < -0.39 is 11.7 Å². The van der Waals surface area contributed by atoms with E-state index in [2.05, 4.69) is 10.1 Å². The molecule has 0 bridgehead atoms. The summed E-state index contributed by atoms with van der Waals surface area (Å²) in [4.78, 5) is 4.33. The van der Waals surface area contributed by atoms with Crippen molar-refractivity contribution in [1.29, 1.82) is 0 Å². The van der Waals surface area contributed by atoms with Crippen LogP contribution in [-0.4, -0.2) is 41.4 Å². The second-order valence-corrected chi connectivity index (χ2v) is 7.10. The highest BCUT2D eigenvalue weighted by molar-refractivity contribution is 5.94. The number of aryl methyl sites for hydroxylation is 1. The quantitative estimate of drug-likeness (QED) is 0.424. The van der Waals surface area contributed by atoms with Gasteiger partial charge in [-0.15, -0.1) is 0 Å². The maximum Gasteiger partial charge on any atom is 0.416 e. The minimum Gasteiger partial charge on any atom is -0.467 e. The number of hydrogen-bond acceptors (Lipinski definition) is 5. The summed E-state index contributed by atoms with van der Waals surface area (Å²) >= 11 is 0. The van der Waals surface area contributed by atoms with Crippen molar-refractivity contribution in [3.63, 3.8) is 0 Å². The maximum atomic E-state index is 13.5. The fourth-order valence-corrected chi connectivity index (χ4v) is 3.69. The van der Waals surface area contributed by atoms with Crippen LogP contribution in [0.4, 0.5) is 13.2 Å². The molecule has 0 spiro atoms. The lowest BCUT2D eigenvalue weighted by Gasteiger charge is -2.20. The SMILES string of the molecule is CCOCOc1cc(C(F)(F)F)cc(C)c1-c1c2cccnc2nn1C1CCOC1. The van der Waals surface area contributed by atoms with Crippen LogP contribution in [0.3, 0.4) is 0 Å². The molecule has 0 saturated carbocycles. The molecule has 0 N–H and O–H groups in total. The number of nitrogens with zero attached hydrogens (tertiary/aromatic N) is 3. The minimum absolute atomic E-state index is 0.0318. The molecule has 1 aliphatic rings. The molecule has 0 radical (unpaired) electrons. The molecule has 2 aromatic heterocycles. The van der Waals surface area contributed by atoms with Gasteiger partial charge >= 0.3 is 6.18 Å². The van der Waals surface area contributed by atoms with Crippen LogP contribution >= 0.6 is 0 Å². The van der Waals surface area contributed by atoms with Crippen LogP contribution < -0.4 is 4.74 Å². The first-order chi connectivity index (χ1) is 14.4. The van der Waals surface area contributed by atoms with E-state index in [1.165, 1.54) is 0 Å². The Morgan fingerprint density at radius 2 is 2.13 bits per heavy atom. The molecule has 1 saturated heterocycles. The molecule has 3 aromatic rings. The molecule has 9 heteroatoms. The van der Waals surface area contributed by atoms with Gasteiger partial charge in [-0.1, -0.05) is 0 Å². The summed E-state index contributed by atoms with van der Waals surface area (Å²) in [5, 5.41) is 5.38. The van der Waals surface area contributed by atoms with Gasteiger partial charge in [0.05, 0.1) is 23.9 Å². The first kappa shape index (κ1) is 20.6. The first-order valence-corrected chi connectivity index (χ1v) is 9.74. The van der Waals surface area contributed by atoms with Crippen LogP contribution in [0, 0.1) is 6.92 Å². The van der Waals surface area contributed by atoms with Crippen molar-refractivity contribution in [2.45, 2.75) is 32.5 Å². The van der Waals surface area contributed by atoms with Crippen molar-refractivity contribution in [2.24, 2.45) is 0 Å². The van der Waals surface area contributed by atoms with Gasteiger partial charge in [-0.3, -0.25) is 4.68 Å². The Labute approximate surface area is 171 Å². The standard InChI is InChI=1S/C21H22F3N3O3/c1-3-28-12-30-17-10-14(21(22,23)24)9-13(2)18(17)19-16-5-4-7-25-20(16)26-27(19)15-6-8-29-11-15/h4-5,7,9-10,15H,3,6,8,11-12H2,1-2H3. The molecule has 4 rings (SSSR count). The van der Waals surface area contributed by atoms with E-state index in [0.29, 0.717) is 42.3 Å². The van der Waals surface area contributed by atoms with Gasteiger partial charge in [0.1, 0.15) is 5.75 Å². The maximum absolute atomic E-state index is 13.5. The summed E-state index contributed by atoms with van der Waals surface area (Å²) in [5.74, 6) is 0.0987. The summed E-state index contributed by atoms with van der Waals surface area (Å²) in [7, 11) is 0. The second kappa shape index (κ2) is 8.23. The lowest BCUT2D eigenvalue weighted by molar-refractivity contribution is -0.137. The Bertz CT molecular complexity index is 1040. The molecule has 1 aliphatic heterocycles. The Balaban J connectivity index is 1.94. The Morgan fingerprint density at radius 3 is 2.83 bits per heavy atom. The van der Waals surface area contributed by atoms with E-state index in [9.17, 15) is 13.2 Å². The van der Waals surface area contributed by atoms with Crippen LogP contribution in [0.25, 0.3) is 22.3 Å². The molecule has 1 aromatic carbocycles. The highest BCUT2D eigenvalue weighted by atomic mass is 19.4. The summed E-state index contributed by atoms with van der Waals surface area (Å²) in [5.41, 5.74) is 1.40. The molecule has 1 fully saturated rings. The summed E-state index contributed by atoms with van der Waals surface area (Å²) < 4.78 is 58.6. The molecule has 3 heterocycles. The average Bonchev–Trinajstić information content (AvgIpc) is 3.35. The van der Waals surface area contributed by atoms with Crippen molar-refractivity contribution in [2.75, 3.05) is 26.6 Å². The van der Waals surface area contributed by atoms with E-state index in [1.807, 2.05) is 10.7 Å². The molecule has 0 amide bonds. The van der Waals surface area contributed by atoms with Crippen molar-refractivity contribution >= 4 is 11.0 Å². The molecule has 0 aliphatic carbocycles. The van der Waals surface area contributed by atoms with Gasteiger partial charge in [0.15, 0.2) is 12.4 Å². The third-order valence-corrected chi connectivity index (χ3v) is 5.09. The summed E-state index contributed by atoms with van der Waals surface area (Å²) in [6, 6.07) is 5.76. The van der Waals surface area contributed by atoms with Crippen molar-refractivity contribution in [3.8, 4) is 17.0 Å². The molecular formula is C21H22F3N3O3. The molecule has 6 nitrogen and oxygen atoms in total. The predicted octanol–water partition coefficient (Wildman–Crippen LogP) is 4.76. The van der Waals surface area contributed by atoms with Gasteiger partial charge in [0.2, 0.25) is 0 Å². The largest absolute Gasteiger partial charge is 0.467 e. The monoisotopic (exact) mass is 421 g/mol. The molecule has 30 heavy (non-hydrogen) atoms. The van der Waals surface area contributed by atoms with Gasteiger partial charge in [0, 0.05) is 30.4 Å². The van der Waals surface area contributed by atoms with Crippen molar-refractivity contribution in [3.05, 3.63) is 41.6 Å². The molecule has 1 unspecified atom stereocenters. The zero-order valence-electron chi connectivity index (χ0n) is 16.7. The van der Waals surface area contributed by atoms with E-state index in [-0.39, 0.29) is 18.6 Å². The number of fused-ring (bicyclic) bond motifs is 1. The molecule has 1 atom stereocenters. The van der Waals surface area contributed by atoms with E-state index in [0.717, 1.165) is 23.9 Å². The van der Waals surface area contributed by atoms with E-state index in [4.69, 9.17) is 14.2 Å². The second-order valence-electron chi connectivity index (χ2n) is 7.10. The number of rotatable bonds is 6. The van der Waals surface area contributed by atoms with Crippen LogP contribution in [0.15, 0.2) is 30.5 Å². The summed E-state index contributed by atoms with van der Waals surface area (Å²) in [6.45, 7) is 4.75. The zero-order valence-corrected chi connectivity index (χ0v) is 16.7. The van der Waals surface area contributed by atoms with Gasteiger partial charge in [-0.2, -0.15) is 18.3 Å². The summed E-state index contributed by atoms with van der Waals surface area (Å²) in [6.07, 6.45) is -2.09. The van der Waals surface area contributed by atoms with Gasteiger partial charge < -0.3 is 14.2 Å². The predicted molar refractivity (Wildman–Crippen MR) is 104 cm³/mol. The smallest absolute Gasteiger partial charge is 0.416 e. The minimum atomic E-state index is -4.49. The molecular weight excluding hydrogens is 399 g/mol. The third kappa shape index (κ3) is 3.87. The van der Waals surface area contributed by atoms with Crippen LogP contribution in [-0.2, 0) is 15.7 Å². The Morgan fingerprint density at radius 1 is 1.30 bits per heavy atom. The van der Waals surface area contributed by atoms with E-state index in [1.54, 1.807) is 26.1 Å². The van der Waals surface area contributed by atoms with Gasteiger partial charge in [0.25, 0.3) is 0 Å². The highest BCUT2D eigenvalue weighted by Crippen LogP contribution is 2.43. The number of pyridine rings is 1. The number of alkyl halides is 3. The normalized spacial score (nSPS) is 17.0. The highest BCUT2D eigenvalue weighted by Gasteiger charge is 2.34. The lowest BCUT2D eigenvalue weighted by Crippen LogP contribution is -2.14. The Hall–Kier alpha value is -2.65. The number of hydrogen-bond donors (Lipinski definition) is 0. The van der Waals surface area contributed by atoms with Crippen molar-refractivity contribution in [1.82, 2.24) is 14.8 Å². The Kier molecular flexibility index (Phi) is 5.66. The van der Waals surface area contributed by atoms with Gasteiger partial charge in [-0.25, -0.2) is 4.98 Å². The number of benzene rings is 1. The number of ether oxygens (including phenoxy) is 3. The average molecular weight is 421 g/mol. The van der Waals surface area contributed by atoms with Crippen LogP contribution in [0.1, 0.15) is 30.5 Å². The topological polar surface area (TPSA) is 58.4 Å². The van der Waals surface area contributed by atoms with Crippen molar-refractivity contribution < 1.29 is 27.4 Å². The molecule has 160 valence electrons. The van der Waals surface area contributed by atoms with Crippen LogP contribution in [0.2, 0.25) is 0 Å². The number of aromatic nitrogens is 3. The fourth-order valence-electron chi connectivity index (χ4n) is 3.69.